The fourth-order valence-corrected chi connectivity index (χ4v) is 4.74. The number of fused-ring (bicyclic) bond motifs is 1. The Balaban J connectivity index is 1.85. The maximum Gasteiger partial charge on any atom is 0.333 e. The number of carbonyl (C=O) groups is 2. The van der Waals surface area contributed by atoms with Crippen LogP contribution in [-0.2, 0) is 19.1 Å². The van der Waals surface area contributed by atoms with Gasteiger partial charge in [-0.2, -0.15) is 5.26 Å². The van der Waals surface area contributed by atoms with Gasteiger partial charge >= 0.3 is 11.9 Å². The molecule has 3 saturated heterocycles. The Hall–Kier alpha value is -1.48. The summed E-state index contributed by atoms with van der Waals surface area (Å²) in [5.74, 6) is -0.942. The number of carbonyl (C=O) groups excluding carboxylic acids is 2. The van der Waals surface area contributed by atoms with E-state index in [1.807, 2.05) is 0 Å². The second-order valence-electron chi connectivity index (χ2n) is 4.90. The Kier molecular flexibility index (Phi) is 2.26. The molecule has 0 spiro atoms. The molecule has 2 bridgehead atoms. The predicted molar refractivity (Wildman–Crippen MR) is 62.4 cm³/mol. The van der Waals surface area contributed by atoms with Gasteiger partial charge in [0.05, 0.1) is 11.3 Å². The van der Waals surface area contributed by atoms with Gasteiger partial charge in [0.15, 0.2) is 17.6 Å². The van der Waals surface area contributed by atoms with Crippen LogP contribution >= 0.6 is 11.8 Å². The molecule has 5 nitrogen and oxygen atoms in total. The molecule has 0 aromatic heterocycles. The van der Waals surface area contributed by atoms with Crippen LogP contribution in [0.25, 0.3) is 0 Å². The fraction of sp³-hybridized carbons (Fsp3) is 0.583. The summed E-state index contributed by atoms with van der Waals surface area (Å²) >= 11 is 1.52. The molecule has 3 aliphatic rings. The molecule has 3 fully saturated rings. The number of hydrogen-bond donors (Lipinski definition) is 0. The molecule has 0 amide bonds. The molecule has 3 rings (SSSR count). The first-order valence-corrected chi connectivity index (χ1v) is 6.58. The van der Waals surface area contributed by atoms with Gasteiger partial charge in [-0.25, -0.2) is 4.79 Å². The fourth-order valence-electron chi connectivity index (χ4n) is 2.80. The lowest BCUT2D eigenvalue weighted by Gasteiger charge is -2.26. The van der Waals surface area contributed by atoms with Crippen LogP contribution in [0.3, 0.4) is 0 Å². The number of rotatable bonds is 2. The van der Waals surface area contributed by atoms with Gasteiger partial charge in [-0.3, -0.25) is 4.79 Å². The van der Waals surface area contributed by atoms with E-state index in [0.717, 1.165) is 0 Å². The average Bonchev–Trinajstić information content (AvgIpc) is 2.90. The van der Waals surface area contributed by atoms with Crippen molar-refractivity contribution < 1.29 is 19.1 Å². The molecule has 5 atom stereocenters. The van der Waals surface area contributed by atoms with Gasteiger partial charge in [-0.15, -0.1) is 11.8 Å². The van der Waals surface area contributed by atoms with E-state index in [4.69, 9.17) is 9.47 Å². The van der Waals surface area contributed by atoms with Crippen LogP contribution in [0.5, 0.6) is 0 Å². The van der Waals surface area contributed by atoms with E-state index < -0.39 is 29.6 Å². The quantitative estimate of drug-likeness (QED) is 0.543. The van der Waals surface area contributed by atoms with Gasteiger partial charge in [0, 0.05) is 10.8 Å². The molecule has 18 heavy (non-hydrogen) atoms. The van der Waals surface area contributed by atoms with Crippen molar-refractivity contribution in [2.45, 2.75) is 36.1 Å². The Morgan fingerprint density at radius 2 is 2.44 bits per heavy atom. The Bertz CT molecular complexity index is 511. The summed E-state index contributed by atoms with van der Waals surface area (Å²) in [6.45, 7) is 5.10. The summed E-state index contributed by atoms with van der Waals surface area (Å²) < 4.78 is 10.6. The molecule has 0 aliphatic carbocycles. The van der Waals surface area contributed by atoms with Gasteiger partial charge in [-0.1, -0.05) is 6.58 Å². The monoisotopic (exact) mass is 265 g/mol. The molecule has 3 aliphatic heterocycles. The van der Waals surface area contributed by atoms with Crippen molar-refractivity contribution >= 4 is 23.7 Å². The van der Waals surface area contributed by atoms with Gasteiger partial charge in [0.25, 0.3) is 0 Å². The van der Waals surface area contributed by atoms with Crippen LogP contribution in [0.15, 0.2) is 12.2 Å². The summed E-state index contributed by atoms with van der Waals surface area (Å²) in [7, 11) is 0. The van der Waals surface area contributed by atoms with Crippen LogP contribution < -0.4 is 0 Å². The number of nitrogens with zero attached hydrogens (tertiary/aromatic N) is 1. The van der Waals surface area contributed by atoms with Crippen molar-refractivity contribution in [3.63, 3.8) is 0 Å². The highest BCUT2D eigenvalue weighted by Crippen LogP contribution is 2.62. The standard InChI is InChI=1S/C12H11NO4S/c1-5(2)10(14)16-7-6-3-12(4-13)9(18-6)8(7)17-11(12)15/h6-9H,1,3H2,2H3. The first-order valence-electron chi connectivity index (χ1n) is 5.64. The maximum atomic E-state index is 11.8. The van der Waals surface area contributed by atoms with Gasteiger partial charge in [0.2, 0.25) is 0 Å². The number of thioether (sulfide) groups is 1. The summed E-state index contributed by atoms with van der Waals surface area (Å²) in [4.78, 5) is 23.3. The summed E-state index contributed by atoms with van der Waals surface area (Å²) in [6, 6.07) is 2.09. The van der Waals surface area contributed by atoms with Crippen LogP contribution in [0.4, 0.5) is 0 Å². The van der Waals surface area contributed by atoms with Crippen molar-refractivity contribution in [1.82, 2.24) is 0 Å². The van der Waals surface area contributed by atoms with Gasteiger partial charge < -0.3 is 9.47 Å². The first kappa shape index (κ1) is 11.6. The molecular weight excluding hydrogens is 254 g/mol. The maximum absolute atomic E-state index is 11.8. The second-order valence-corrected chi connectivity index (χ2v) is 6.29. The van der Waals surface area contributed by atoms with Crippen molar-refractivity contribution in [1.29, 1.82) is 5.26 Å². The summed E-state index contributed by atoms with van der Waals surface area (Å²) in [5.41, 5.74) is -0.704. The highest BCUT2D eigenvalue weighted by molar-refractivity contribution is 8.01. The molecule has 0 N–H and O–H groups in total. The van der Waals surface area contributed by atoms with Gasteiger partial charge in [0.1, 0.15) is 0 Å². The highest BCUT2D eigenvalue weighted by atomic mass is 32.2. The third-order valence-corrected chi connectivity index (χ3v) is 5.47. The molecule has 94 valence electrons. The molecule has 5 unspecified atom stereocenters. The minimum absolute atomic E-state index is 0.0330. The Morgan fingerprint density at radius 1 is 1.72 bits per heavy atom. The number of esters is 2. The molecule has 0 radical (unpaired) electrons. The summed E-state index contributed by atoms with van der Waals surface area (Å²) in [5, 5.41) is 8.97. The van der Waals surface area contributed by atoms with Crippen molar-refractivity contribution in [3.05, 3.63) is 12.2 Å². The van der Waals surface area contributed by atoms with Gasteiger partial charge in [-0.05, 0) is 13.3 Å². The minimum Gasteiger partial charge on any atom is -0.456 e. The van der Waals surface area contributed by atoms with E-state index in [0.29, 0.717) is 12.0 Å². The van der Waals surface area contributed by atoms with E-state index in [9.17, 15) is 14.9 Å². The Labute approximate surface area is 108 Å². The third kappa shape index (κ3) is 1.23. The van der Waals surface area contributed by atoms with E-state index >= 15 is 0 Å². The van der Waals surface area contributed by atoms with E-state index in [1.165, 1.54) is 11.8 Å². The lowest BCUT2D eigenvalue weighted by Crippen LogP contribution is -2.44. The third-order valence-electron chi connectivity index (χ3n) is 3.72. The zero-order valence-corrected chi connectivity index (χ0v) is 10.5. The smallest absolute Gasteiger partial charge is 0.333 e. The number of nitriles is 1. The SMILES string of the molecule is C=C(C)C(=O)OC1C2CC3(C#N)C(=O)OC1C3S2. The van der Waals surface area contributed by atoms with Crippen molar-refractivity contribution in [2.75, 3.05) is 0 Å². The highest BCUT2D eigenvalue weighted by Gasteiger charge is 2.73. The predicted octanol–water partition coefficient (Wildman–Crippen LogP) is 0.797. The van der Waals surface area contributed by atoms with E-state index in [2.05, 4.69) is 12.6 Å². The van der Waals surface area contributed by atoms with Crippen LogP contribution in [-0.4, -0.2) is 34.6 Å². The average molecular weight is 265 g/mol. The molecule has 0 saturated carbocycles. The topological polar surface area (TPSA) is 76.4 Å². The number of hydrogen-bond acceptors (Lipinski definition) is 6. The number of ether oxygens (including phenoxy) is 2. The Morgan fingerprint density at radius 3 is 3.06 bits per heavy atom. The molecule has 0 aromatic rings. The second kappa shape index (κ2) is 3.51. The van der Waals surface area contributed by atoms with E-state index in [-0.39, 0.29) is 10.5 Å². The van der Waals surface area contributed by atoms with Crippen molar-refractivity contribution in [3.8, 4) is 6.07 Å². The lowest BCUT2D eigenvalue weighted by molar-refractivity contribution is -0.156. The zero-order chi connectivity index (χ0) is 13.1. The first-order chi connectivity index (χ1) is 8.49. The summed E-state index contributed by atoms with van der Waals surface area (Å²) in [6.07, 6.45) is -0.524. The molecule has 3 heterocycles. The zero-order valence-electron chi connectivity index (χ0n) is 9.71. The molecular formula is C12H11NO4S. The van der Waals surface area contributed by atoms with Crippen molar-refractivity contribution in [2.24, 2.45) is 5.41 Å². The lowest BCUT2D eigenvalue weighted by atomic mass is 9.75. The minimum atomic E-state index is -1.02. The largest absolute Gasteiger partial charge is 0.456 e. The molecule has 0 aromatic carbocycles. The normalized spacial score (nSPS) is 43.4. The van der Waals surface area contributed by atoms with Crippen LogP contribution in [0.1, 0.15) is 13.3 Å². The van der Waals surface area contributed by atoms with Crippen LogP contribution in [0, 0.1) is 16.7 Å². The van der Waals surface area contributed by atoms with E-state index in [1.54, 1.807) is 6.92 Å². The van der Waals surface area contributed by atoms with Crippen LogP contribution in [0.2, 0.25) is 0 Å². The molecule has 6 heteroatoms.